The summed E-state index contributed by atoms with van der Waals surface area (Å²) in [6.07, 6.45) is 0. The lowest BCUT2D eigenvalue weighted by Crippen LogP contribution is -2.12. The van der Waals surface area contributed by atoms with Crippen LogP contribution in [-0.2, 0) is 13.1 Å². The van der Waals surface area contributed by atoms with Crippen LogP contribution in [0.15, 0.2) is 42.5 Å². The van der Waals surface area contributed by atoms with Crippen molar-refractivity contribution >= 4 is 11.6 Å². The Morgan fingerprint density at radius 1 is 1.11 bits per heavy atom. The predicted molar refractivity (Wildman–Crippen MR) is 71.3 cm³/mol. The molecule has 0 saturated carbocycles. The minimum absolute atomic E-state index is 0.222. The molecule has 1 aliphatic rings. The Balaban J connectivity index is 1.81. The molecule has 2 N–H and O–H groups in total. The lowest BCUT2D eigenvalue weighted by molar-refractivity contribution is 0.102. The van der Waals surface area contributed by atoms with Crippen LogP contribution in [0, 0.1) is 5.82 Å². The molecule has 0 aliphatic carbocycles. The van der Waals surface area contributed by atoms with Gasteiger partial charge in [-0.3, -0.25) is 4.79 Å². The number of hydrogen-bond donors (Lipinski definition) is 2. The molecule has 3 rings (SSSR count). The number of anilines is 1. The van der Waals surface area contributed by atoms with Crippen molar-refractivity contribution in [1.29, 1.82) is 0 Å². The molecule has 4 heteroatoms. The molecule has 0 aromatic heterocycles. The molecule has 96 valence electrons. The van der Waals surface area contributed by atoms with Crippen molar-refractivity contribution in [1.82, 2.24) is 5.32 Å². The summed E-state index contributed by atoms with van der Waals surface area (Å²) in [5.74, 6) is -0.587. The number of carbonyl (C=O) groups is 1. The number of benzene rings is 2. The highest BCUT2D eigenvalue weighted by atomic mass is 19.1. The molecule has 0 spiro atoms. The van der Waals surface area contributed by atoms with E-state index in [0.717, 1.165) is 18.7 Å². The number of rotatable bonds is 2. The number of fused-ring (bicyclic) bond motifs is 1. The van der Waals surface area contributed by atoms with E-state index in [9.17, 15) is 9.18 Å². The predicted octanol–water partition coefficient (Wildman–Crippen LogP) is 2.68. The van der Waals surface area contributed by atoms with Gasteiger partial charge in [-0.1, -0.05) is 12.1 Å². The van der Waals surface area contributed by atoms with E-state index in [4.69, 9.17) is 0 Å². The first-order valence-electron chi connectivity index (χ1n) is 6.12. The standard InChI is InChI=1S/C15H13FN2O/c16-13-2-1-3-14(7-13)18-15(19)10-4-5-11-8-17-9-12(11)6-10/h1-7,17H,8-9H2,(H,18,19). The van der Waals surface area contributed by atoms with E-state index in [1.165, 1.54) is 17.7 Å². The number of amides is 1. The Bertz CT molecular complexity index is 640. The van der Waals surface area contributed by atoms with Crippen LogP contribution in [0.4, 0.5) is 10.1 Å². The van der Waals surface area contributed by atoms with Crippen LogP contribution >= 0.6 is 0 Å². The molecule has 1 amide bonds. The quantitative estimate of drug-likeness (QED) is 0.867. The number of halogens is 1. The maximum absolute atomic E-state index is 13.0. The van der Waals surface area contributed by atoms with E-state index in [1.807, 2.05) is 12.1 Å². The van der Waals surface area contributed by atoms with E-state index in [1.54, 1.807) is 18.2 Å². The first-order chi connectivity index (χ1) is 9.22. The van der Waals surface area contributed by atoms with Gasteiger partial charge in [-0.05, 0) is 41.5 Å². The molecule has 3 nitrogen and oxygen atoms in total. The van der Waals surface area contributed by atoms with E-state index in [2.05, 4.69) is 10.6 Å². The Kier molecular flexibility index (Phi) is 3.01. The second-order valence-corrected chi connectivity index (χ2v) is 4.55. The molecule has 0 unspecified atom stereocenters. The van der Waals surface area contributed by atoms with Crippen LogP contribution < -0.4 is 10.6 Å². The van der Waals surface area contributed by atoms with Crippen molar-refractivity contribution in [2.75, 3.05) is 5.32 Å². The van der Waals surface area contributed by atoms with Crippen molar-refractivity contribution in [2.45, 2.75) is 13.1 Å². The summed E-state index contributed by atoms with van der Waals surface area (Å²) in [6, 6.07) is 11.5. The summed E-state index contributed by atoms with van der Waals surface area (Å²) >= 11 is 0. The Labute approximate surface area is 110 Å². The first kappa shape index (κ1) is 11.9. The van der Waals surface area contributed by atoms with E-state index in [0.29, 0.717) is 11.3 Å². The number of hydrogen-bond acceptors (Lipinski definition) is 2. The van der Waals surface area contributed by atoms with Gasteiger partial charge in [0.25, 0.3) is 5.91 Å². The van der Waals surface area contributed by atoms with Gasteiger partial charge in [-0.25, -0.2) is 4.39 Å². The molecule has 2 aromatic carbocycles. The van der Waals surface area contributed by atoms with Crippen LogP contribution in [0.1, 0.15) is 21.5 Å². The highest BCUT2D eigenvalue weighted by Crippen LogP contribution is 2.18. The average Bonchev–Trinajstić information content (AvgIpc) is 2.85. The Hall–Kier alpha value is -2.20. The van der Waals surface area contributed by atoms with Gasteiger partial charge in [-0.15, -0.1) is 0 Å². The molecular formula is C15H13FN2O. The van der Waals surface area contributed by atoms with Crippen molar-refractivity contribution in [3.05, 3.63) is 65.0 Å². The van der Waals surface area contributed by atoms with Gasteiger partial charge in [0, 0.05) is 24.3 Å². The summed E-state index contributed by atoms with van der Waals surface area (Å²) in [7, 11) is 0. The fourth-order valence-electron chi connectivity index (χ4n) is 2.21. The lowest BCUT2D eigenvalue weighted by atomic mass is 10.1. The third-order valence-electron chi connectivity index (χ3n) is 3.18. The van der Waals surface area contributed by atoms with Gasteiger partial charge in [0.15, 0.2) is 0 Å². The molecule has 0 atom stereocenters. The zero-order valence-corrected chi connectivity index (χ0v) is 10.2. The van der Waals surface area contributed by atoms with Gasteiger partial charge in [0.05, 0.1) is 0 Å². The van der Waals surface area contributed by atoms with Crippen LogP contribution in [-0.4, -0.2) is 5.91 Å². The van der Waals surface area contributed by atoms with Crippen molar-refractivity contribution < 1.29 is 9.18 Å². The third-order valence-corrected chi connectivity index (χ3v) is 3.18. The summed E-state index contributed by atoms with van der Waals surface area (Å²) in [5.41, 5.74) is 3.42. The maximum atomic E-state index is 13.0. The molecule has 19 heavy (non-hydrogen) atoms. The highest BCUT2D eigenvalue weighted by Gasteiger charge is 2.13. The lowest BCUT2D eigenvalue weighted by Gasteiger charge is -2.06. The molecule has 2 aromatic rings. The summed E-state index contributed by atoms with van der Waals surface area (Å²) in [4.78, 5) is 12.1. The molecule has 0 radical (unpaired) electrons. The van der Waals surface area contributed by atoms with E-state index < -0.39 is 0 Å². The van der Waals surface area contributed by atoms with Gasteiger partial charge in [0.2, 0.25) is 0 Å². The minimum atomic E-state index is -0.365. The van der Waals surface area contributed by atoms with Crippen LogP contribution in [0.25, 0.3) is 0 Å². The van der Waals surface area contributed by atoms with Crippen LogP contribution in [0.2, 0.25) is 0 Å². The third kappa shape index (κ3) is 2.48. The number of nitrogens with one attached hydrogen (secondary N) is 2. The van der Waals surface area contributed by atoms with Gasteiger partial charge >= 0.3 is 0 Å². The smallest absolute Gasteiger partial charge is 0.255 e. The molecule has 0 bridgehead atoms. The monoisotopic (exact) mass is 256 g/mol. The van der Waals surface area contributed by atoms with Crippen LogP contribution in [0.5, 0.6) is 0 Å². The van der Waals surface area contributed by atoms with E-state index in [-0.39, 0.29) is 11.7 Å². The summed E-state index contributed by atoms with van der Waals surface area (Å²) in [6.45, 7) is 1.64. The largest absolute Gasteiger partial charge is 0.322 e. The zero-order valence-electron chi connectivity index (χ0n) is 10.2. The average molecular weight is 256 g/mol. The summed E-state index contributed by atoms with van der Waals surface area (Å²) in [5, 5.41) is 5.92. The fourth-order valence-corrected chi connectivity index (χ4v) is 2.21. The topological polar surface area (TPSA) is 41.1 Å². The minimum Gasteiger partial charge on any atom is -0.322 e. The van der Waals surface area contributed by atoms with Gasteiger partial charge in [-0.2, -0.15) is 0 Å². The van der Waals surface area contributed by atoms with Crippen molar-refractivity contribution in [2.24, 2.45) is 0 Å². The second kappa shape index (κ2) is 4.82. The van der Waals surface area contributed by atoms with Crippen molar-refractivity contribution in [3.63, 3.8) is 0 Å². The van der Waals surface area contributed by atoms with Gasteiger partial charge in [0.1, 0.15) is 5.82 Å². The number of carbonyl (C=O) groups excluding carboxylic acids is 1. The Morgan fingerprint density at radius 3 is 2.79 bits per heavy atom. The molecule has 0 fully saturated rings. The normalized spacial score (nSPS) is 13.1. The SMILES string of the molecule is O=C(Nc1cccc(F)c1)c1ccc2c(c1)CNC2. The molecule has 1 heterocycles. The molecule has 0 saturated heterocycles. The second-order valence-electron chi connectivity index (χ2n) is 4.55. The maximum Gasteiger partial charge on any atom is 0.255 e. The molecule has 1 aliphatic heterocycles. The van der Waals surface area contributed by atoms with E-state index >= 15 is 0 Å². The van der Waals surface area contributed by atoms with Gasteiger partial charge < -0.3 is 10.6 Å². The zero-order chi connectivity index (χ0) is 13.2. The van der Waals surface area contributed by atoms with Crippen molar-refractivity contribution in [3.8, 4) is 0 Å². The summed E-state index contributed by atoms with van der Waals surface area (Å²) < 4.78 is 13.0. The highest BCUT2D eigenvalue weighted by molar-refractivity contribution is 6.04. The first-order valence-corrected chi connectivity index (χ1v) is 6.12. The Morgan fingerprint density at radius 2 is 1.95 bits per heavy atom. The fraction of sp³-hybridized carbons (Fsp3) is 0.133. The van der Waals surface area contributed by atoms with Crippen LogP contribution in [0.3, 0.4) is 0 Å². The molecular weight excluding hydrogens is 243 g/mol.